The summed E-state index contributed by atoms with van der Waals surface area (Å²) in [5.41, 5.74) is 9.03. The third-order valence-electron chi connectivity index (χ3n) is 4.07. The number of hydrogen-bond acceptors (Lipinski definition) is 6. The average molecular weight is 437 g/mol. The van der Waals surface area contributed by atoms with Crippen molar-refractivity contribution in [3.8, 4) is 0 Å². The summed E-state index contributed by atoms with van der Waals surface area (Å²) in [6.45, 7) is 3.27. The van der Waals surface area contributed by atoms with Crippen molar-refractivity contribution in [3.05, 3.63) is 58.8 Å². The van der Waals surface area contributed by atoms with Crippen molar-refractivity contribution in [1.82, 2.24) is 9.97 Å². The number of carbonyl (C=O) groups is 2. The molecule has 0 radical (unpaired) electrons. The van der Waals surface area contributed by atoms with Gasteiger partial charge < -0.3 is 21.9 Å². The molecule has 2 aromatic rings. The lowest BCUT2D eigenvalue weighted by atomic mass is 10.0. The standard InChI is InChI=1S/C20H22F3N5O3/c1-19(2,31)7-6-11(24)8-12-9-15(13(10-26-12)17(25)29)28-18(30)14-4-3-5-16(27-14)20(21,22)23/h3-5,8-10,31H,6-7,24H2,1-2H3,(H2,25,29)(H,26,28,30)/b11-8-. The molecule has 31 heavy (non-hydrogen) atoms. The average Bonchev–Trinajstić information content (AvgIpc) is 2.65. The highest BCUT2D eigenvalue weighted by atomic mass is 19.4. The Morgan fingerprint density at radius 2 is 1.90 bits per heavy atom. The largest absolute Gasteiger partial charge is 0.433 e. The molecule has 0 aliphatic rings. The van der Waals surface area contributed by atoms with E-state index in [1.54, 1.807) is 13.8 Å². The molecule has 11 heteroatoms. The van der Waals surface area contributed by atoms with Crippen LogP contribution in [-0.4, -0.2) is 32.5 Å². The summed E-state index contributed by atoms with van der Waals surface area (Å²) in [6.07, 6.45) is -1.37. The number of aromatic nitrogens is 2. The molecule has 0 spiro atoms. The summed E-state index contributed by atoms with van der Waals surface area (Å²) in [5.74, 6) is -1.87. The van der Waals surface area contributed by atoms with Crippen LogP contribution in [0.4, 0.5) is 18.9 Å². The van der Waals surface area contributed by atoms with Crippen LogP contribution in [0.15, 0.2) is 36.2 Å². The summed E-state index contributed by atoms with van der Waals surface area (Å²) in [5, 5.41) is 12.1. The summed E-state index contributed by atoms with van der Waals surface area (Å²) < 4.78 is 38.5. The van der Waals surface area contributed by atoms with Gasteiger partial charge >= 0.3 is 6.18 Å². The second-order valence-electron chi connectivity index (χ2n) is 7.41. The SMILES string of the molecule is CC(C)(O)CC/C(N)=C/c1cc(NC(=O)c2cccc(C(F)(F)F)n2)c(C(N)=O)cn1. The van der Waals surface area contributed by atoms with Crippen LogP contribution in [0.25, 0.3) is 6.08 Å². The first-order valence-electron chi connectivity index (χ1n) is 9.10. The van der Waals surface area contributed by atoms with Crippen LogP contribution in [0.1, 0.15) is 58.9 Å². The highest BCUT2D eigenvalue weighted by Gasteiger charge is 2.33. The Bertz CT molecular complexity index is 1010. The lowest BCUT2D eigenvalue weighted by Crippen LogP contribution is -2.21. The molecule has 0 atom stereocenters. The monoisotopic (exact) mass is 437 g/mol. The van der Waals surface area contributed by atoms with Gasteiger partial charge in [0.2, 0.25) is 0 Å². The third-order valence-corrected chi connectivity index (χ3v) is 4.07. The van der Waals surface area contributed by atoms with E-state index >= 15 is 0 Å². The molecule has 166 valence electrons. The number of rotatable bonds is 7. The molecule has 2 heterocycles. The zero-order chi connectivity index (χ0) is 23.4. The number of aliphatic hydroxyl groups is 1. The number of nitrogens with zero attached hydrogens (tertiary/aromatic N) is 2. The fourth-order valence-corrected chi connectivity index (χ4v) is 2.47. The fraction of sp³-hybridized carbons (Fsp3) is 0.300. The van der Waals surface area contributed by atoms with Gasteiger partial charge in [0.25, 0.3) is 11.8 Å². The van der Waals surface area contributed by atoms with E-state index in [1.165, 1.54) is 12.1 Å². The topological polar surface area (TPSA) is 144 Å². The molecule has 2 rings (SSSR count). The van der Waals surface area contributed by atoms with Gasteiger partial charge in [-0.2, -0.15) is 13.2 Å². The number of allylic oxidation sites excluding steroid dienone is 1. The van der Waals surface area contributed by atoms with E-state index in [2.05, 4.69) is 15.3 Å². The number of primary amides is 1. The molecule has 0 bridgehead atoms. The minimum absolute atomic E-state index is 0.0618. The van der Waals surface area contributed by atoms with E-state index in [4.69, 9.17) is 11.5 Å². The van der Waals surface area contributed by atoms with Gasteiger partial charge in [-0.3, -0.25) is 14.6 Å². The van der Waals surface area contributed by atoms with E-state index in [9.17, 15) is 27.9 Å². The third kappa shape index (κ3) is 7.07. The quantitative estimate of drug-likeness (QED) is 0.524. The van der Waals surface area contributed by atoms with E-state index in [0.29, 0.717) is 18.5 Å². The van der Waals surface area contributed by atoms with Crippen molar-refractivity contribution in [3.63, 3.8) is 0 Å². The number of amides is 2. The maximum atomic E-state index is 12.8. The Balaban J connectivity index is 2.31. The molecule has 0 aliphatic carbocycles. The maximum Gasteiger partial charge on any atom is 0.433 e. The van der Waals surface area contributed by atoms with E-state index in [0.717, 1.165) is 24.4 Å². The molecule has 2 aromatic heterocycles. The van der Waals surface area contributed by atoms with Gasteiger partial charge in [-0.25, -0.2) is 4.98 Å². The van der Waals surface area contributed by atoms with Crippen molar-refractivity contribution in [1.29, 1.82) is 0 Å². The molecule has 0 aliphatic heterocycles. The Morgan fingerprint density at radius 3 is 2.48 bits per heavy atom. The van der Waals surface area contributed by atoms with E-state index < -0.39 is 35.0 Å². The van der Waals surface area contributed by atoms with Crippen LogP contribution in [0, 0.1) is 0 Å². The Hall–Kier alpha value is -3.47. The molecular formula is C20H22F3N5O3. The second kappa shape index (κ2) is 9.13. The van der Waals surface area contributed by atoms with Gasteiger partial charge in [0.05, 0.1) is 22.5 Å². The predicted octanol–water partition coefficient (Wildman–Crippen LogP) is 2.70. The molecule has 0 fully saturated rings. The second-order valence-corrected chi connectivity index (χ2v) is 7.41. The van der Waals surface area contributed by atoms with Crippen LogP contribution in [0.5, 0.6) is 0 Å². The number of alkyl halides is 3. The summed E-state index contributed by atoms with van der Waals surface area (Å²) in [7, 11) is 0. The molecule has 2 amide bonds. The summed E-state index contributed by atoms with van der Waals surface area (Å²) in [4.78, 5) is 31.4. The fourth-order valence-electron chi connectivity index (χ4n) is 2.47. The number of nitrogens with one attached hydrogen (secondary N) is 1. The van der Waals surface area contributed by atoms with Gasteiger partial charge in [0.1, 0.15) is 11.4 Å². The van der Waals surface area contributed by atoms with Crippen LogP contribution < -0.4 is 16.8 Å². The Morgan fingerprint density at radius 1 is 1.23 bits per heavy atom. The van der Waals surface area contributed by atoms with Gasteiger partial charge in [-0.1, -0.05) is 6.07 Å². The smallest absolute Gasteiger partial charge is 0.402 e. The molecule has 0 aromatic carbocycles. The number of carbonyl (C=O) groups excluding carboxylic acids is 2. The van der Waals surface area contributed by atoms with Crippen molar-refractivity contribution in [2.75, 3.05) is 5.32 Å². The zero-order valence-electron chi connectivity index (χ0n) is 16.8. The van der Waals surface area contributed by atoms with Gasteiger partial charge in [0, 0.05) is 11.9 Å². The maximum absolute atomic E-state index is 12.8. The highest BCUT2D eigenvalue weighted by molar-refractivity contribution is 6.07. The first-order valence-corrected chi connectivity index (χ1v) is 9.10. The van der Waals surface area contributed by atoms with Crippen LogP contribution in [-0.2, 0) is 6.18 Å². The van der Waals surface area contributed by atoms with Crippen molar-refractivity contribution in [2.45, 2.75) is 38.5 Å². The zero-order valence-corrected chi connectivity index (χ0v) is 16.8. The van der Waals surface area contributed by atoms with E-state index in [1.807, 2.05) is 0 Å². The first-order chi connectivity index (χ1) is 14.3. The number of halogens is 3. The van der Waals surface area contributed by atoms with Crippen molar-refractivity contribution in [2.24, 2.45) is 11.5 Å². The molecule has 8 nitrogen and oxygen atoms in total. The number of nitrogens with two attached hydrogens (primary N) is 2. The lowest BCUT2D eigenvalue weighted by Gasteiger charge is -2.16. The van der Waals surface area contributed by atoms with Gasteiger partial charge in [0.15, 0.2) is 0 Å². The van der Waals surface area contributed by atoms with Crippen LogP contribution >= 0.6 is 0 Å². The molecule has 6 N–H and O–H groups in total. The Labute approximate surface area is 176 Å². The van der Waals surface area contributed by atoms with Gasteiger partial charge in [-0.05, 0) is 51.0 Å². The lowest BCUT2D eigenvalue weighted by molar-refractivity contribution is -0.141. The van der Waals surface area contributed by atoms with E-state index in [-0.39, 0.29) is 16.9 Å². The number of hydrogen-bond donors (Lipinski definition) is 4. The molecule has 0 unspecified atom stereocenters. The molecular weight excluding hydrogens is 415 g/mol. The van der Waals surface area contributed by atoms with Gasteiger partial charge in [-0.15, -0.1) is 0 Å². The predicted molar refractivity (Wildman–Crippen MR) is 108 cm³/mol. The molecule has 0 saturated heterocycles. The van der Waals surface area contributed by atoms with Crippen molar-refractivity contribution < 1.29 is 27.9 Å². The minimum Gasteiger partial charge on any atom is -0.402 e. The molecule has 0 saturated carbocycles. The minimum atomic E-state index is -4.72. The summed E-state index contributed by atoms with van der Waals surface area (Å²) in [6, 6.07) is 4.19. The van der Waals surface area contributed by atoms with Crippen LogP contribution in [0.2, 0.25) is 0 Å². The first kappa shape index (κ1) is 23.8. The normalized spacial score (nSPS) is 12.5. The Kier molecular flexibility index (Phi) is 7.01. The van der Waals surface area contributed by atoms with Crippen LogP contribution in [0.3, 0.4) is 0 Å². The number of pyridine rings is 2. The highest BCUT2D eigenvalue weighted by Crippen LogP contribution is 2.27. The summed E-state index contributed by atoms with van der Waals surface area (Å²) >= 11 is 0. The van der Waals surface area contributed by atoms with Crippen molar-refractivity contribution >= 4 is 23.6 Å². The number of anilines is 1.